The Bertz CT molecular complexity index is 404. The van der Waals surface area contributed by atoms with E-state index in [9.17, 15) is 18.0 Å². The van der Waals surface area contributed by atoms with Crippen LogP contribution in [0.1, 0.15) is 12.5 Å². The molecular formula is C9H9F3N2O2. The van der Waals surface area contributed by atoms with Crippen LogP contribution in [0.4, 0.5) is 18.9 Å². The summed E-state index contributed by atoms with van der Waals surface area (Å²) in [5.74, 6) is -0.998. The highest BCUT2D eigenvalue weighted by atomic mass is 19.4. The zero-order chi connectivity index (χ0) is 12.3. The number of hydrogen-bond acceptors (Lipinski definition) is 3. The van der Waals surface area contributed by atoms with Crippen LogP contribution in [0.25, 0.3) is 0 Å². The first kappa shape index (κ1) is 12.3. The van der Waals surface area contributed by atoms with Crippen LogP contribution in [0, 0.1) is 0 Å². The Hall–Kier alpha value is -1.79. The molecule has 1 rings (SSSR count). The minimum absolute atomic E-state index is 0.0272. The lowest BCUT2D eigenvalue weighted by Crippen LogP contribution is -2.12. The summed E-state index contributed by atoms with van der Waals surface area (Å²) < 4.78 is 42.0. The van der Waals surface area contributed by atoms with Gasteiger partial charge in [0.15, 0.2) is 0 Å². The molecule has 0 bridgehead atoms. The summed E-state index contributed by atoms with van der Waals surface area (Å²) in [6.07, 6.45) is -3.48. The van der Waals surface area contributed by atoms with Crippen LogP contribution in [-0.4, -0.2) is 18.0 Å². The molecule has 0 atom stereocenters. The van der Waals surface area contributed by atoms with E-state index in [0.29, 0.717) is 0 Å². The van der Waals surface area contributed by atoms with Crippen molar-refractivity contribution in [1.29, 1.82) is 0 Å². The molecule has 1 aromatic rings. The number of nitrogens with zero attached hydrogens (tertiary/aromatic N) is 1. The van der Waals surface area contributed by atoms with Crippen molar-refractivity contribution >= 4 is 11.6 Å². The predicted octanol–water partition coefficient (Wildman–Crippen LogP) is 2.07. The van der Waals surface area contributed by atoms with E-state index < -0.39 is 23.5 Å². The fourth-order valence-corrected chi connectivity index (χ4v) is 1.09. The Kier molecular flexibility index (Phi) is 3.36. The lowest BCUT2D eigenvalue weighted by Gasteiger charge is -2.12. The van der Waals surface area contributed by atoms with Crippen LogP contribution in [0.2, 0.25) is 0 Å². The molecule has 88 valence electrons. The smallest absolute Gasteiger partial charge is 0.421 e. The fourth-order valence-electron chi connectivity index (χ4n) is 1.09. The van der Waals surface area contributed by atoms with E-state index in [1.165, 1.54) is 6.92 Å². The average Bonchev–Trinajstić information content (AvgIpc) is 2.15. The monoisotopic (exact) mass is 234 g/mol. The summed E-state index contributed by atoms with van der Waals surface area (Å²) in [6.45, 7) is 1.19. The van der Waals surface area contributed by atoms with Crippen molar-refractivity contribution in [2.75, 3.05) is 12.4 Å². The van der Waals surface area contributed by atoms with Gasteiger partial charge in [0.05, 0.1) is 19.0 Å². The first-order valence-corrected chi connectivity index (χ1v) is 4.23. The van der Waals surface area contributed by atoms with E-state index in [0.717, 1.165) is 19.4 Å². The molecule has 0 aliphatic heterocycles. The maximum Gasteiger partial charge on any atom is 0.421 e. The molecule has 0 fully saturated rings. The van der Waals surface area contributed by atoms with Crippen LogP contribution < -0.4 is 10.1 Å². The molecule has 0 spiro atoms. The second-order valence-electron chi connectivity index (χ2n) is 2.96. The molecule has 0 radical (unpaired) electrons. The van der Waals surface area contributed by atoms with Crippen molar-refractivity contribution in [3.05, 3.63) is 17.8 Å². The molecule has 0 saturated carbocycles. The number of carbonyl (C=O) groups is 1. The quantitative estimate of drug-likeness (QED) is 0.852. The number of ether oxygens (including phenoxy) is 1. The van der Waals surface area contributed by atoms with E-state index >= 15 is 0 Å². The van der Waals surface area contributed by atoms with Gasteiger partial charge in [-0.25, -0.2) is 4.98 Å². The highest BCUT2D eigenvalue weighted by Gasteiger charge is 2.35. The minimum atomic E-state index is -4.58. The molecule has 0 unspecified atom stereocenters. The molecule has 0 aromatic carbocycles. The maximum absolute atomic E-state index is 12.5. The van der Waals surface area contributed by atoms with Gasteiger partial charge < -0.3 is 10.1 Å². The van der Waals surface area contributed by atoms with Gasteiger partial charge in [0, 0.05) is 6.92 Å². The van der Waals surface area contributed by atoms with Gasteiger partial charge in [-0.15, -0.1) is 0 Å². The van der Waals surface area contributed by atoms with E-state index in [2.05, 4.69) is 15.0 Å². The SMILES string of the molecule is COc1ncc(NC(C)=O)cc1C(F)(F)F. The highest BCUT2D eigenvalue weighted by Crippen LogP contribution is 2.36. The van der Waals surface area contributed by atoms with E-state index in [1.807, 2.05) is 0 Å². The molecular weight excluding hydrogens is 225 g/mol. The van der Waals surface area contributed by atoms with E-state index in [1.54, 1.807) is 0 Å². The van der Waals surface area contributed by atoms with Gasteiger partial charge in [0.25, 0.3) is 0 Å². The first-order valence-electron chi connectivity index (χ1n) is 4.23. The zero-order valence-corrected chi connectivity index (χ0v) is 8.55. The van der Waals surface area contributed by atoms with Crippen molar-refractivity contribution < 1.29 is 22.7 Å². The van der Waals surface area contributed by atoms with Crippen molar-refractivity contribution in [2.45, 2.75) is 13.1 Å². The molecule has 1 aromatic heterocycles. The number of anilines is 1. The zero-order valence-electron chi connectivity index (χ0n) is 8.55. The number of methoxy groups -OCH3 is 1. The predicted molar refractivity (Wildman–Crippen MR) is 50.1 cm³/mol. The topological polar surface area (TPSA) is 51.2 Å². The largest absolute Gasteiger partial charge is 0.481 e. The first-order chi connectivity index (χ1) is 7.34. The highest BCUT2D eigenvalue weighted by molar-refractivity contribution is 5.88. The summed E-state index contributed by atoms with van der Waals surface area (Å²) in [7, 11) is 1.09. The van der Waals surface area contributed by atoms with Crippen LogP contribution in [0.5, 0.6) is 5.88 Å². The molecule has 1 heterocycles. The Balaban J connectivity index is 3.16. The number of alkyl halides is 3. The number of hydrogen-bond donors (Lipinski definition) is 1. The molecule has 0 aliphatic carbocycles. The van der Waals surface area contributed by atoms with Gasteiger partial charge >= 0.3 is 6.18 Å². The summed E-state index contributed by atoms with van der Waals surface area (Å²) in [6, 6.07) is 0.771. The maximum atomic E-state index is 12.5. The molecule has 1 amide bonds. The molecule has 0 saturated heterocycles. The molecule has 1 N–H and O–H groups in total. The standard InChI is InChI=1S/C9H9F3N2O2/c1-5(15)14-6-3-7(9(10,11)12)8(16-2)13-4-6/h3-4H,1-2H3,(H,14,15). The van der Waals surface area contributed by atoms with Crippen molar-refractivity contribution in [2.24, 2.45) is 0 Å². The van der Waals surface area contributed by atoms with Gasteiger partial charge in [-0.2, -0.15) is 13.2 Å². The Labute approximate surface area is 89.4 Å². The number of nitrogens with one attached hydrogen (secondary N) is 1. The number of amides is 1. The van der Waals surface area contributed by atoms with Gasteiger partial charge in [0.1, 0.15) is 5.56 Å². The Morgan fingerprint density at radius 3 is 2.56 bits per heavy atom. The second kappa shape index (κ2) is 4.38. The molecule has 4 nitrogen and oxygen atoms in total. The second-order valence-corrected chi connectivity index (χ2v) is 2.96. The fraction of sp³-hybridized carbons (Fsp3) is 0.333. The van der Waals surface area contributed by atoms with E-state index in [-0.39, 0.29) is 5.69 Å². The number of aromatic nitrogens is 1. The van der Waals surface area contributed by atoms with Gasteiger partial charge in [-0.3, -0.25) is 4.79 Å². The van der Waals surface area contributed by atoms with Crippen molar-refractivity contribution in [3.63, 3.8) is 0 Å². The van der Waals surface area contributed by atoms with Gasteiger partial charge in [-0.1, -0.05) is 0 Å². The van der Waals surface area contributed by atoms with Gasteiger partial charge in [0.2, 0.25) is 11.8 Å². The number of rotatable bonds is 2. The molecule has 0 aliphatic rings. The average molecular weight is 234 g/mol. The third kappa shape index (κ3) is 2.85. The van der Waals surface area contributed by atoms with E-state index in [4.69, 9.17) is 0 Å². The van der Waals surface area contributed by atoms with Crippen LogP contribution in [0.3, 0.4) is 0 Å². The summed E-state index contributed by atoms with van der Waals surface area (Å²) >= 11 is 0. The number of carbonyl (C=O) groups excluding carboxylic acids is 1. The molecule has 7 heteroatoms. The summed E-state index contributed by atoms with van der Waals surface area (Å²) in [4.78, 5) is 14.1. The van der Waals surface area contributed by atoms with Crippen molar-refractivity contribution in [1.82, 2.24) is 4.98 Å². The van der Waals surface area contributed by atoms with Crippen LogP contribution in [-0.2, 0) is 11.0 Å². The normalized spacial score (nSPS) is 11.1. The minimum Gasteiger partial charge on any atom is -0.481 e. The van der Waals surface area contributed by atoms with Gasteiger partial charge in [-0.05, 0) is 6.07 Å². The number of halogens is 3. The molecule has 16 heavy (non-hydrogen) atoms. The Morgan fingerprint density at radius 1 is 1.50 bits per heavy atom. The Morgan fingerprint density at radius 2 is 2.12 bits per heavy atom. The third-order valence-corrected chi connectivity index (χ3v) is 1.67. The van der Waals surface area contributed by atoms with Crippen molar-refractivity contribution in [3.8, 4) is 5.88 Å². The summed E-state index contributed by atoms with van der Waals surface area (Å²) in [5.41, 5.74) is -1.05. The number of pyridine rings is 1. The lowest BCUT2D eigenvalue weighted by atomic mass is 10.2. The third-order valence-electron chi connectivity index (χ3n) is 1.67. The lowest BCUT2D eigenvalue weighted by molar-refractivity contribution is -0.139. The van der Waals surface area contributed by atoms with Crippen LogP contribution in [0.15, 0.2) is 12.3 Å². The summed E-state index contributed by atoms with van der Waals surface area (Å²) in [5, 5.41) is 2.21. The van der Waals surface area contributed by atoms with Crippen LogP contribution >= 0.6 is 0 Å².